The minimum absolute atomic E-state index is 0.0250. The summed E-state index contributed by atoms with van der Waals surface area (Å²) in [6.45, 7) is 4.04. The number of nitrogens with one attached hydrogen (secondary N) is 2. The summed E-state index contributed by atoms with van der Waals surface area (Å²) in [5, 5.41) is 15.0. The molecule has 3 N–H and O–H groups in total. The molecule has 1 aromatic heterocycles. The van der Waals surface area contributed by atoms with Gasteiger partial charge in [-0.1, -0.05) is 62.4 Å². The molecule has 9 heteroatoms. The minimum atomic E-state index is -0.971. The van der Waals surface area contributed by atoms with E-state index < -0.39 is 18.1 Å². The van der Waals surface area contributed by atoms with E-state index in [2.05, 4.69) is 39.9 Å². The van der Waals surface area contributed by atoms with Gasteiger partial charge in [0, 0.05) is 12.0 Å². The van der Waals surface area contributed by atoms with Crippen molar-refractivity contribution >= 4 is 29.3 Å². The molecule has 8 nitrogen and oxygen atoms in total. The Morgan fingerprint density at radius 1 is 1.06 bits per heavy atom. The number of ether oxygens (including phenoxy) is 1. The molecule has 0 radical (unpaired) electrons. The van der Waals surface area contributed by atoms with Crippen molar-refractivity contribution in [1.82, 2.24) is 15.6 Å². The lowest BCUT2D eigenvalue weighted by atomic mass is 9.98. The zero-order valence-electron chi connectivity index (χ0n) is 19.5. The number of nitrogens with zero attached hydrogens (tertiary/aromatic N) is 1. The van der Waals surface area contributed by atoms with Crippen molar-refractivity contribution in [3.8, 4) is 11.1 Å². The van der Waals surface area contributed by atoms with Crippen LogP contribution in [0.1, 0.15) is 52.0 Å². The van der Waals surface area contributed by atoms with E-state index in [1.165, 1.54) is 6.20 Å². The highest BCUT2D eigenvalue weighted by Gasteiger charge is 2.29. The van der Waals surface area contributed by atoms with E-state index in [-0.39, 0.29) is 37.3 Å². The number of rotatable bonds is 9. The Balaban J connectivity index is 1.30. The first kappa shape index (κ1) is 24.4. The van der Waals surface area contributed by atoms with Crippen LogP contribution in [0.4, 0.5) is 4.79 Å². The number of benzene rings is 2. The zero-order valence-corrected chi connectivity index (χ0v) is 20.3. The third kappa shape index (κ3) is 5.68. The fourth-order valence-electron chi connectivity index (χ4n) is 4.18. The van der Waals surface area contributed by atoms with Crippen LogP contribution in [0, 0.1) is 5.92 Å². The van der Waals surface area contributed by atoms with Gasteiger partial charge >= 0.3 is 12.1 Å². The second kappa shape index (κ2) is 10.7. The fraction of sp³-hybridized carbons (Fsp3) is 0.308. The van der Waals surface area contributed by atoms with Crippen molar-refractivity contribution in [3.05, 3.63) is 75.7 Å². The molecule has 0 saturated heterocycles. The molecule has 4 rings (SSSR count). The number of carboxylic acid groups (broad SMARTS) is 1. The van der Waals surface area contributed by atoms with Gasteiger partial charge in [0.1, 0.15) is 16.5 Å². The number of aliphatic carboxylic acids is 1. The monoisotopic (exact) mass is 493 g/mol. The lowest BCUT2D eigenvalue weighted by Gasteiger charge is -2.19. The molecule has 2 amide bonds. The molecule has 3 aromatic rings. The summed E-state index contributed by atoms with van der Waals surface area (Å²) >= 11 is 1.14. The largest absolute Gasteiger partial charge is 0.481 e. The van der Waals surface area contributed by atoms with Crippen LogP contribution in [-0.2, 0) is 16.1 Å². The number of amides is 2. The van der Waals surface area contributed by atoms with Crippen molar-refractivity contribution in [2.45, 2.75) is 38.8 Å². The van der Waals surface area contributed by atoms with Gasteiger partial charge in [-0.25, -0.2) is 9.78 Å². The number of carbonyl (C=O) groups is 3. The van der Waals surface area contributed by atoms with E-state index in [4.69, 9.17) is 9.84 Å². The Labute approximate surface area is 207 Å². The number of fused-ring (bicyclic) bond motifs is 3. The Kier molecular flexibility index (Phi) is 7.45. The molecule has 1 atom stereocenters. The maximum absolute atomic E-state index is 12.5. The molecule has 182 valence electrons. The Morgan fingerprint density at radius 3 is 2.29 bits per heavy atom. The van der Waals surface area contributed by atoms with Crippen LogP contribution in [0.3, 0.4) is 0 Å². The number of hydrogen-bond acceptors (Lipinski definition) is 6. The average molecular weight is 494 g/mol. The quantitative estimate of drug-likeness (QED) is 0.406. The van der Waals surface area contributed by atoms with Gasteiger partial charge in [0.25, 0.3) is 5.91 Å². The normalized spacial score (nSPS) is 13.1. The summed E-state index contributed by atoms with van der Waals surface area (Å²) in [5.74, 6) is -1.41. The van der Waals surface area contributed by atoms with Crippen LogP contribution >= 0.6 is 11.3 Å². The molecule has 1 aliphatic carbocycles. The van der Waals surface area contributed by atoms with Gasteiger partial charge in [-0.3, -0.25) is 9.59 Å². The molecule has 0 aliphatic heterocycles. The smallest absolute Gasteiger partial charge is 0.407 e. The first-order chi connectivity index (χ1) is 16.8. The second-order valence-corrected chi connectivity index (χ2v) is 9.83. The van der Waals surface area contributed by atoms with Crippen molar-refractivity contribution in [2.75, 3.05) is 6.61 Å². The van der Waals surface area contributed by atoms with Crippen LogP contribution in [-0.4, -0.2) is 40.7 Å². The highest BCUT2D eigenvalue weighted by molar-refractivity contribution is 7.13. The van der Waals surface area contributed by atoms with Crippen molar-refractivity contribution < 1.29 is 24.2 Å². The van der Waals surface area contributed by atoms with Gasteiger partial charge in [0.2, 0.25) is 0 Å². The Bertz CT molecular complexity index is 1190. The summed E-state index contributed by atoms with van der Waals surface area (Å²) < 4.78 is 5.52. The summed E-state index contributed by atoms with van der Waals surface area (Å²) in [4.78, 5) is 40.4. The lowest BCUT2D eigenvalue weighted by molar-refractivity contribution is -0.137. The van der Waals surface area contributed by atoms with Gasteiger partial charge in [0.05, 0.1) is 19.2 Å². The minimum Gasteiger partial charge on any atom is -0.481 e. The highest BCUT2D eigenvalue weighted by Crippen LogP contribution is 2.44. The second-order valence-electron chi connectivity index (χ2n) is 8.72. The molecule has 0 fully saturated rings. The standard InChI is InChI=1S/C26H27N3O5S/c1-15(2)21(11-24(30)31)29-25(32)22-12-27-23(35-22)13-28-26(33)34-14-20-18-9-5-3-7-16(18)17-8-4-6-10-19(17)20/h3-10,12,15,20-21H,11,13-14H2,1-2H3,(H,28,33)(H,29,32)(H,30,31)/t21-/m0/s1. The number of carbonyl (C=O) groups excluding carboxylic acids is 2. The molecule has 1 aliphatic rings. The molecular formula is C26H27N3O5S. The van der Waals surface area contributed by atoms with Crippen LogP contribution in [0.25, 0.3) is 11.1 Å². The van der Waals surface area contributed by atoms with E-state index in [1.54, 1.807) is 0 Å². The van der Waals surface area contributed by atoms with E-state index in [0.29, 0.717) is 9.88 Å². The average Bonchev–Trinajstić information content (AvgIpc) is 3.44. The predicted molar refractivity (Wildman–Crippen MR) is 132 cm³/mol. The number of aromatic nitrogens is 1. The molecule has 35 heavy (non-hydrogen) atoms. The summed E-state index contributed by atoms with van der Waals surface area (Å²) in [5.41, 5.74) is 4.60. The van der Waals surface area contributed by atoms with Crippen LogP contribution < -0.4 is 10.6 Å². The Morgan fingerprint density at radius 2 is 1.69 bits per heavy atom. The van der Waals surface area contributed by atoms with Crippen molar-refractivity contribution in [3.63, 3.8) is 0 Å². The first-order valence-electron chi connectivity index (χ1n) is 11.4. The number of alkyl carbamates (subject to hydrolysis) is 1. The van der Waals surface area contributed by atoms with Crippen molar-refractivity contribution in [1.29, 1.82) is 0 Å². The van der Waals surface area contributed by atoms with Gasteiger partial charge in [-0.05, 0) is 28.2 Å². The van der Waals surface area contributed by atoms with E-state index in [1.807, 2.05) is 38.1 Å². The zero-order chi connectivity index (χ0) is 24.9. The molecule has 2 aromatic carbocycles. The third-order valence-electron chi connectivity index (χ3n) is 6.02. The first-order valence-corrected chi connectivity index (χ1v) is 12.2. The number of carboxylic acids is 1. The fourth-order valence-corrected chi connectivity index (χ4v) is 4.94. The third-order valence-corrected chi connectivity index (χ3v) is 7.02. The molecule has 0 spiro atoms. The Hall–Kier alpha value is -3.72. The maximum Gasteiger partial charge on any atom is 0.407 e. The molecule has 1 heterocycles. The van der Waals surface area contributed by atoms with Gasteiger partial charge in [-0.15, -0.1) is 11.3 Å². The van der Waals surface area contributed by atoms with E-state index in [9.17, 15) is 14.4 Å². The maximum atomic E-state index is 12.5. The topological polar surface area (TPSA) is 118 Å². The number of thiazole rings is 1. The molecular weight excluding hydrogens is 466 g/mol. The van der Waals surface area contributed by atoms with Gasteiger partial charge < -0.3 is 20.5 Å². The van der Waals surface area contributed by atoms with Crippen molar-refractivity contribution in [2.24, 2.45) is 5.92 Å². The van der Waals surface area contributed by atoms with Gasteiger partial charge in [0.15, 0.2) is 0 Å². The van der Waals surface area contributed by atoms with Gasteiger partial charge in [-0.2, -0.15) is 0 Å². The SMILES string of the molecule is CC(C)[C@H](CC(=O)O)NC(=O)c1cnc(CNC(=O)OCC2c3ccccc3-c3ccccc32)s1. The summed E-state index contributed by atoms with van der Waals surface area (Å²) in [6.07, 6.45) is 0.708. The summed E-state index contributed by atoms with van der Waals surface area (Å²) in [7, 11) is 0. The van der Waals surface area contributed by atoms with Crippen LogP contribution in [0.2, 0.25) is 0 Å². The molecule has 0 saturated carbocycles. The van der Waals surface area contributed by atoms with E-state index in [0.717, 1.165) is 33.6 Å². The molecule has 0 unspecified atom stereocenters. The highest BCUT2D eigenvalue weighted by atomic mass is 32.1. The molecule has 0 bridgehead atoms. The van der Waals surface area contributed by atoms with E-state index >= 15 is 0 Å². The lowest BCUT2D eigenvalue weighted by Crippen LogP contribution is -2.39. The predicted octanol–water partition coefficient (Wildman–Crippen LogP) is 4.41. The van der Waals surface area contributed by atoms with Crippen LogP contribution in [0.15, 0.2) is 54.7 Å². The summed E-state index contributed by atoms with van der Waals surface area (Å²) in [6, 6.07) is 15.8. The number of hydrogen-bond donors (Lipinski definition) is 3. The van der Waals surface area contributed by atoms with Crippen LogP contribution in [0.5, 0.6) is 0 Å².